The number of benzene rings is 1. The Morgan fingerprint density at radius 2 is 1.89 bits per heavy atom. The first-order valence-corrected chi connectivity index (χ1v) is 10.9. The summed E-state index contributed by atoms with van der Waals surface area (Å²) in [7, 11) is -3.69. The Bertz CT molecular complexity index is 930. The van der Waals surface area contributed by atoms with Crippen molar-refractivity contribution in [3.8, 4) is 5.88 Å². The zero-order valence-corrected chi connectivity index (χ0v) is 15.9. The van der Waals surface area contributed by atoms with Gasteiger partial charge < -0.3 is 4.74 Å². The first-order valence-electron chi connectivity index (χ1n) is 9.51. The Labute approximate surface area is 159 Å². The van der Waals surface area contributed by atoms with Crippen LogP contribution in [0.5, 0.6) is 5.88 Å². The van der Waals surface area contributed by atoms with Crippen molar-refractivity contribution in [2.75, 3.05) is 19.6 Å². The molecule has 3 aliphatic rings. The van der Waals surface area contributed by atoms with Crippen molar-refractivity contribution < 1.29 is 13.2 Å². The van der Waals surface area contributed by atoms with E-state index in [4.69, 9.17) is 4.74 Å². The highest BCUT2D eigenvalue weighted by atomic mass is 32.2. The lowest BCUT2D eigenvalue weighted by atomic mass is 10.1. The molecule has 0 bridgehead atoms. The fourth-order valence-electron chi connectivity index (χ4n) is 4.11. The number of aromatic nitrogens is 1. The molecule has 2 atom stereocenters. The number of ether oxygens (including phenoxy) is 1. The van der Waals surface area contributed by atoms with E-state index in [9.17, 15) is 8.42 Å². The van der Waals surface area contributed by atoms with Gasteiger partial charge in [0.15, 0.2) is 0 Å². The molecule has 2 aromatic rings. The Hall–Kier alpha value is -1.96. The van der Waals surface area contributed by atoms with E-state index in [1.54, 1.807) is 22.6 Å². The van der Waals surface area contributed by atoms with Crippen LogP contribution in [0, 0.1) is 5.92 Å². The van der Waals surface area contributed by atoms with E-state index < -0.39 is 10.0 Å². The summed E-state index contributed by atoms with van der Waals surface area (Å²) >= 11 is 0. The largest absolute Gasteiger partial charge is 0.470 e. The fourth-order valence-corrected chi connectivity index (χ4v) is 5.82. The van der Waals surface area contributed by atoms with Gasteiger partial charge in [0.2, 0.25) is 15.9 Å². The van der Waals surface area contributed by atoms with Crippen LogP contribution in [0.4, 0.5) is 0 Å². The zero-order chi connectivity index (χ0) is 18.4. The molecular weight excluding hydrogens is 362 g/mol. The number of pyridine rings is 1. The van der Waals surface area contributed by atoms with E-state index in [-0.39, 0.29) is 22.9 Å². The average molecular weight is 385 g/mol. The van der Waals surface area contributed by atoms with Gasteiger partial charge in [0.1, 0.15) is 11.0 Å². The average Bonchev–Trinajstić information content (AvgIpc) is 3.41. The molecular formula is C20H23N3O3S. The zero-order valence-electron chi connectivity index (χ0n) is 15.1. The summed E-state index contributed by atoms with van der Waals surface area (Å²) in [5.41, 5.74) is 0.979. The standard InChI is InChI=1S/C20H23N3O3S/c24-27(25)19-7-4-10-21-20(19)26-18-14-22(11-16-8-9-16)13-17(18)23(27)12-15-5-2-1-3-6-15/h1-7,10,16-18H,8-9,11-14H2/t17-,18-/m1/s1. The van der Waals surface area contributed by atoms with Crippen LogP contribution in [-0.4, -0.2) is 54.4 Å². The van der Waals surface area contributed by atoms with Crippen molar-refractivity contribution in [2.24, 2.45) is 5.92 Å². The van der Waals surface area contributed by atoms with E-state index in [1.165, 1.54) is 12.8 Å². The van der Waals surface area contributed by atoms with Gasteiger partial charge in [0, 0.05) is 32.4 Å². The van der Waals surface area contributed by atoms with Crippen LogP contribution in [0.2, 0.25) is 0 Å². The third-order valence-corrected chi connectivity index (χ3v) is 7.55. The number of rotatable bonds is 4. The van der Waals surface area contributed by atoms with Crippen molar-refractivity contribution >= 4 is 10.0 Å². The van der Waals surface area contributed by atoms with Crippen molar-refractivity contribution in [3.63, 3.8) is 0 Å². The van der Waals surface area contributed by atoms with E-state index in [1.807, 2.05) is 30.3 Å². The quantitative estimate of drug-likeness (QED) is 0.807. The highest BCUT2D eigenvalue weighted by Gasteiger charge is 2.48. The molecule has 0 spiro atoms. The molecule has 0 unspecified atom stereocenters. The molecule has 0 amide bonds. The van der Waals surface area contributed by atoms with Gasteiger partial charge in [0.05, 0.1) is 6.04 Å². The lowest BCUT2D eigenvalue weighted by Crippen LogP contribution is -2.46. The minimum atomic E-state index is -3.69. The summed E-state index contributed by atoms with van der Waals surface area (Å²) in [6.07, 6.45) is 3.96. The summed E-state index contributed by atoms with van der Waals surface area (Å²) in [6.45, 7) is 2.84. The lowest BCUT2D eigenvalue weighted by molar-refractivity contribution is 0.144. The van der Waals surface area contributed by atoms with Crippen LogP contribution in [0.15, 0.2) is 53.6 Å². The number of nitrogens with zero attached hydrogens (tertiary/aromatic N) is 3. The molecule has 142 valence electrons. The van der Waals surface area contributed by atoms with Gasteiger partial charge in [-0.25, -0.2) is 13.4 Å². The van der Waals surface area contributed by atoms with E-state index in [2.05, 4.69) is 9.88 Å². The topological polar surface area (TPSA) is 62.7 Å². The molecule has 1 saturated carbocycles. The van der Waals surface area contributed by atoms with Gasteiger partial charge >= 0.3 is 0 Å². The highest BCUT2D eigenvalue weighted by molar-refractivity contribution is 7.89. The first kappa shape index (κ1) is 17.2. The summed E-state index contributed by atoms with van der Waals surface area (Å²) in [4.78, 5) is 6.75. The molecule has 0 N–H and O–H groups in total. The molecule has 6 nitrogen and oxygen atoms in total. The highest BCUT2D eigenvalue weighted by Crippen LogP contribution is 2.37. The van der Waals surface area contributed by atoms with Crippen LogP contribution in [-0.2, 0) is 16.6 Å². The first-order chi connectivity index (χ1) is 13.1. The second-order valence-electron chi connectivity index (χ2n) is 7.73. The molecule has 0 radical (unpaired) electrons. The van der Waals surface area contributed by atoms with Gasteiger partial charge in [-0.3, -0.25) is 4.90 Å². The second kappa shape index (κ2) is 6.58. The third-order valence-electron chi connectivity index (χ3n) is 5.66. The number of hydrogen-bond donors (Lipinski definition) is 0. The number of fused-ring (bicyclic) bond motifs is 2. The maximum atomic E-state index is 13.5. The number of likely N-dealkylation sites (tertiary alicyclic amines) is 1. The molecule has 2 fully saturated rings. The van der Waals surface area contributed by atoms with Gasteiger partial charge in [-0.2, -0.15) is 4.31 Å². The predicted molar refractivity (Wildman–Crippen MR) is 101 cm³/mol. The fraction of sp³-hybridized carbons (Fsp3) is 0.450. The Morgan fingerprint density at radius 1 is 1.07 bits per heavy atom. The number of hydrogen-bond acceptors (Lipinski definition) is 5. The summed E-state index contributed by atoms with van der Waals surface area (Å²) in [5.74, 6) is 0.994. The summed E-state index contributed by atoms with van der Waals surface area (Å²) < 4.78 is 34.8. The maximum absolute atomic E-state index is 13.5. The molecule has 2 aliphatic heterocycles. The van der Waals surface area contributed by atoms with Gasteiger partial charge in [-0.15, -0.1) is 0 Å². The second-order valence-corrected chi connectivity index (χ2v) is 9.59. The maximum Gasteiger partial charge on any atom is 0.249 e. The minimum Gasteiger partial charge on any atom is -0.470 e. The molecule has 27 heavy (non-hydrogen) atoms. The SMILES string of the molecule is O=S1(=O)c2cccnc2O[C@@H]2CN(CC3CC3)C[C@H]2N1Cc1ccccc1. The van der Waals surface area contributed by atoms with Crippen LogP contribution in [0.3, 0.4) is 0 Å². The number of sulfonamides is 1. The monoisotopic (exact) mass is 385 g/mol. The summed E-state index contributed by atoms with van der Waals surface area (Å²) in [5, 5.41) is 0. The van der Waals surface area contributed by atoms with Crippen LogP contribution >= 0.6 is 0 Å². The molecule has 5 rings (SSSR count). The lowest BCUT2D eigenvalue weighted by Gasteiger charge is -2.28. The van der Waals surface area contributed by atoms with Gasteiger partial charge in [-0.1, -0.05) is 30.3 Å². The third kappa shape index (κ3) is 3.24. The van der Waals surface area contributed by atoms with Crippen LogP contribution < -0.4 is 4.74 Å². The Balaban J connectivity index is 1.53. The Kier molecular flexibility index (Phi) is 4.18. The molecule has 1 aromatic carbocycles. The van der Waals surface area contributed by atoms with Crippen LogP contribution in [0.25, 0.3) is 0 Å². The Morgan fingerprint density at radius 3 is 2.67 bits per heavy atom. The molecule has 3 heterocycles. The van der Waals surface area contributed by atoms with Crippen molar-refractivity contribution in [1.82, 2.24) is 14.2 Å². The molecule has 1 aliphatic carbocycles. The van der Waals surface area contributed by atoms with E-state index in [0.717, 1.165) is 24.6 Å². The van der Waals surface area contributed by atoms with Gasteiger partial charge in [0.25, 0.3) is 0 Å². The minimum absolute atomic E-state index is 0.170. The molecule has 7 heteroatoms. The van der Waals surface area contributed by atoms with Crippen molar-refractivity contribution in [1.29, 1.82) is 0 Å². The molecule has 1 aromatic heterocycles. The van der Waals surface area contributed by atoms with E-state index in [0.29, 0.717) is 13.1 Å². The van der Waals surface area contributed by atoms with Gasteiger partial charge in [-0.05, 0) is 36.5 Å². The van der Waals surface area contributed by atoms with Crippen molar-refractivity contribution in [3.05, 3.63) is 54.2 Å². The van der Waals surface area contributed by atoms with Crippen molar-refractivity contribution in [2.45, 2.75) is 36.4 Å². The van der Waals surface area contributed by atoms with Crippen LogP contribution in [0.1, 0.15) is 18.4 Å². The normalized spacial score (nSPS) is 27.4. The van der Waals surface area contributed by atoms with E-state index >= 15 is 0 Å². The smallest absolute Gasteiger partial charge is 0.249 e. The molecule has 1 saturated heterocycles. The predicted octanol–water partition coefficient (Wildman–Crippen LogP) is 2.13. The summed E-state index contributed by atoms with van der Waals surface area (Å²) in [6, 6.07) is 12.8.